The Bertz CT molecular complexity index is 776. The van der Waals surface area contributed by atoms with Crippen LogP contribution in [0.25, 0.3) is 5.69 Å². The standard InChI is InChI=1S/C16H17F2N3O4/c1-9-3-4-13(25-2)12(7-9)21-6-5-10(20-21)15(22)19-11(16(23)24)8-14(17)18/h3-7,11,14H,8H2,1-2H3,(H,19,22)(H,23,24). The molecule has 25 heavy (non-hydrogen) atoms. The number of aromatic nitrogens is 2. The van der Waals surface area contributed by atoms with Crippen LogP contribution in [-0.4, -0.2) is 46.3 Å². The maximum atomic E-state index is 12.4. The minimum Gasteiger partial charge on any atom is -0.494 e. The van der Waals surface area contributed by atoms with Crippen molar-refractivity contribution in [2.24, 2.45) is 0 Å². The minimum atomic E-state index is -2.85. The molecular formula is C16H17F2N3O4. The minimum absolute atomic E-state index is 0.0934. The van der Waals surface area contributed by atoms with E-state index in [1.165, 1.54) is 24.1 Å². The molecule has 1 heterocycles. The van der Waals surface area contributed by atoms with Crippen molar-refractivity contribution in [2.45, 2.75) is 25.8 Å². The number of methoxy groups -OCH3 is 1. The van der Waals surface area contributed by atoms with E-state index in [1.807, 2.05) is 18.3 Å². The van der Waals surface area contributed by atoms with E-state index in [0.29, 0.717) is 11.4 Å². The van der Waals surface area contributed by atoms with Crippen LogP contribution < -0.4 is 10.1 Å². The molecule has 0 aliphatic rings. The molecule has 0 saturated heterocycles. The fraction of sp³-hybridized carbons (Fsp3) is 0.312. The van der Waals surface area contributed by atoms with Crippen molar-refractivity contribution in [1.29, 1.82) is 0 Å². The number of nitrogens with one attached hydrogen (secondary N) is 1. The Labute approximate surface area is 142 Å². The number of hydrogen-bond acceptors (Lipinski definition) is 4. The molecule has 0 fully saturated rings. The lowest BCUT2D eigenvalue weighted by Crippen LogP contribution is -2.42. The molecule has 1 amide bonds. The highest BCUT2D eigenvalue weighted by Gasteiger charge is 2.25. The molecule has 2 rings (SSSR count). The van der Waals surface area contributed by atoms with Crippen LogP contribution in [0.15, 0.2) is 30.5 Å². The van der Waals surface area contributed by atoms with Crippen molar-refractivity contribution >= 4 is 11.9 Å². The van der Waals surface area contributed by atoms with Crippen LogP contribution in [0.1, 0.15) is 22.5 Å². The number of alkyl halides is 2. The molecule has 0 bridgehead atoms. The molecule has 2 N–H and O–H groups in total. The molecule has 1 unspecified atom stereocenters. The fourth-order valence-corrected chi connectivity index (χ4v) is 2.19. The van der Waals surface area contributed by atoms with E-state index in [0.717, 1.165) is 5.56 Å². The highest BCUT2D eigenvalue weighted by Crippen LogP contribution is 2.23. The number of carbonyl (C=O) groups excluding carboxylic acids is 1. The van der Waals surface area contributed by atoms with Gasteiger partial charge in [0.05, 0.1) is 7.11 Å². The van der Waals surface area contributed by atoms with Crippen molar-refractivity contribution in [2.75, 3.05) is 7.11 Å². The fourth-order valence-electron chi connectivity index (χ4n) is 2.19. The maximum absolute atomic E-state index is 12.4. The van der Waals surface area contributed by atoms with Gasteiger partial charge in [-0.3, -0.25) is 4.79 Å². The molecule has 1 aromatic heterocycles. The lowest BCUT2D eigenvalue weighted by atomic mass is 10.2. The summed E-state index contributed by atoms with van der Waals surface area (Å²) in [6.45, 7) is 1.88. The zero-order valence-electron chi connectivity index (χ0n) is 13.6. The number of carbonyl (C=O) groups is 2. The molecule has 0 radical (unpaired) electrons. The molecule has 134 valence electrons. The second-order valence-corrected chi connectivity index (χ2v) is 5.31. The normalized spacial score (nSPS) is 12.0. The molecule has 1 atom stereocenters. The van der Waals surface area contributed by atoms with Gasteiger partial charge in [-0.1, -0.05) is 6.07 Å². The van der Waals surface area contributed by atoms with Gasteiger partial charge in [0.15, 0.2) is 5.69 Å². The summed E-state index contributed by atoms with van der Waals surface area (Å²) in [7, 11) is 1.49. The predicted molar refractivity (Wildman–Crippen MR) is 84.4 cm³/mol. The molecular weight excluding hydrogens is 336 g/mol. The Hall–Kier alpha value is -2.97. The van der Waals surface area contributed by atoms with Crippen LogP contribution in [0.4, 0.5) is 8.78 Å². The summed E-state index contributed by atoms with van der Waals surface area (Å²) in [6.07, 6.45) is -2.33. The van der Waals surface area contributed by atoms with Crippen LogP contribution in [0, 0.1) is 6.92 Å². The number of ether oxygens (including phenoxy) is 1. The van der Waals surface area contributed by atoms with Crippen molar-refractivity contribution in [3.8, 4) is 11.4 Å². The van der Waals surface area contributed by atoms with Crippen LogP contribution in [0.2, 0.25) is 0 Å². The predicted octanol–water partition coefficient (Wildman–Crippen LogP) is 2.03. The molecule has 0 spiro atoms. The number of benzene rings is 1. The number of rotatable bonds is 7. The van der Waals surface area contributed by atoms with Crippen molar-refractivity contribution in [3.05, 3.63) is 41.7 Å². The van der Waals surface area contributed by atoms with Crippen LogP contribution in [-0.2, 0) is 4.79 Å². The Morgan fingerprint density at radius 2 is 2.08 bits per heavy atom. The maximum Gasteiger partial charge on any atom is 0.326 e. The van der Waals surface area contributed by atoms with Gasteiger partial charge in [0.1, 0.15) is 17.5 Å². The quantitative estimate of drug-likeness (QED) is 0.794. The number of carboxylic acids is 1. The highest BCUT2D eigenvalue weighted by atomic mass is 19.3. The first kappa shape index (κ1) is 18.4. The molecule has 1 aromatic carbocycles. The summed E-state index contributed by atoms with van der Waals surface area (Å²) < 4.78 is 31.4. The SMILES string of the molecule is COc1ccc(C)cc1-n1ccc(C(=O)NC(CC(F)F)C(=O)O)n1. The van der Waals surface area contributed by atoms with Gasteiger partial charge >= 0.3 is 5.97 Å². The zero-order chi connectivity index (χ0) is 18.6. The summed E-state index contributed by atoms with van der Waals surface area (Å²) in [5, 5.41) is 15.0. The van der Waals surface area contributed by atoms with Gasteiger partial charge in [0.2, 0.25) is 6.43 Å². The smallest absolute Gasteiger partial charge is 0.326 e. The van der Waals surface area contributed by atoms with Gasteiger partial charge in [-0.25, -0.2) is 18.3 Å². The van der Waals surface area contributed by atoms with E-state index in [1.54, 1.807) is 12.1 Å². The van der Waals surface area contributed by atoms with E-state index in [2.05, 4.69) is 5.10 Å². The molecule has 0 aliphatic carbocycles. The summed E-state index contributed by atoms with van der Waals surface area (Å²) in [4.78, 5) is 23.0. The summed E-state index contributed by atoms with van der Waals surface area (Å²) in [6, 6.07) is 5.06. The third-order valence-corrected chi connectivity index (χ3v) is 3.42. The van der Waals surface area contributed by atoms with Gasteiger partial charge in [-0.2, -0.15) is 5.10 Å². The number of aliphatic carboxylic acids is 1. The molecule has 0 saturated carbocycles. The Morgan fingerprint density at radius 1 is 1.36 bits per heavy atom. The first-order valence-corrected chi connectivity index (χ1v) is 7.34. The van der Waals surface area contributed by atoms with Crippen LogP contribution in [0.5, 0.6) is 5.75 Å². The number of amides is 1. The summed E-state index contributed by atoms with van der Waals surface area (Å²) in [5.41, 5.74) is 1.44. The van der Waals surface area contributed by atoms with Crippen molar-refractivity contribution in [1.82, 2.24) is 15.1 Å². The first-order chi connectivity index (χ1) is 11.8. The zero-order valence-corrected chi connectivity index (χ0v) is 13.6. The van der Waals surface area contributed by atoms with Gasteiger partial charge < -0.3 is 15.2 Å². The van der Waals surface area contributed by atoms with Gasteiger partial charge in [0, 0.05) is 12.6 Å². The van der Waals surface area contributed by atoms with E-state index in [-0.39, 0.29) is 5.69 Å². The van der Waals surface area contributed by atoms with Crippen LogP contribution in [0.3, 0.4) is 0 Å². The number of nitrogens with zero attached hydrogens (tertiary/aromatic N) is 2. The number of carboxylic acid groups (broad SMARTS) is 1. The third kappa shape index (κ3) is 4.52. The molecule has 2 aromatic rings. The van der Waals surface area contributed by atoms with Gasteiger partial charge in [0.25, 0.3) is 5.91 Å². The Morgan fingerprint density at radius 3 is 2.68 bits per heavy atom. The van der Waals surface area contributed by atoms with Gasteiger partial charge in [-0.15, -0.1) is 0 Å². The lowest BCUT2D eigenvalue weighted by Gasteiger charge is -2.13. The molecule has 7 nitrogen and oxygen atoms in total. The Kier molecular flexibility index (Phi) is 5.68. The average molecular weight is 353 g/mol. The summed E-state index contributed by atoms with van der Waals surface area (Å²) in [5.74, 6) is -1.85. The second kappa shape index (κ2) is 7.73. The Balaban J connectivity index is 2.22. The van der Waals surface area contributed by atoms with E-state index < -0.39 is 30.8 Å². The summed E-state index contributed by atoms with van der Waals surface area (Å²) >= 11 is 0. The van der Waals surface area contributed by atoms with Crippen LogP contribution >= 0.6 is 0 Å². The number of hydrogen-bond donors (Lipinski definition) is 2. The molecule has 9 heteroatoms. The van der Waals surface area contributed by atoms with E-state index in [9.17, 15) is 18.4 Å². The highest BCUT2D eigenvalue weighted by molar-refractivity contribution is 5.94. The number of halogens is 2. The average Bonchev–Trinajstić information content (AvgIpc) is 3.03. The largest absolute Gasteiger partial charge is 0.494 e. The third-order valence-electron chi connectivity index (χ3n) is 3.42. The van der Waals surface area contributed by atoms with Crippen molar-refractivity contribution < 1.29 is 28.2 Å². The topological polar surface area (TPSA) is 93.5 Å². The van der Waals surface area contributed by atoms with E-state index >= 15 is 0 Å². The lowest BCUT2D eigenvalue weighted by molar-refractivity contribution is -0.140. The van der Waals surface area contributed by atoms with Gasteiger partial charge in [-0.05, 0) is 30.7 Å². The number of aryl methyl sites for hydroxylation is 1. The van der Waals surface area contributed by atoms with Crippen molar-refractivity contribution in [3.63, 3.8) is 0 Å². The second-order valence-electron chi connectivity index (χ2n) is 5.31. The molecule has 0 aliphatic heterocycles. The monoisotopic (exact) mass is 353 g/mol. The first-order valence-electron chi connectivity index (χ1n) is 7.34. The van der Waals surface area contributed by atoms with E-state index in [4.69, 9.17) is 9.84 Å².